The van der Waals surface area contributed by atoms with Gasteiger partial charge in [-0.15, -0.1) is 0 Å². The van der Waals surface area contributed by atoms with Crippen LogP contribution >= 0.6 is 11.6 Å². The first-order valence-electron chi connectivity index (χ1n) is 6.99. The van der Waals surface area contributed by atoms with Gasteiger partial charge in [-0.3, -0.25) is 0 Å². The number of nitrogens with zero attached hydrogens (tertiary/aromatic N) is 3. The number of aryl methyl sites for hydroxylation is 1. The van der Waals surface area contributed by atoms with Crippen molar-refractivity contribution < 1.29 is 4.74 Å². The van der Waals surface area contributed by atoms with Crippen LogP contribution in [0.5, 0.6) is 11.5 Å². The first-order valence-corrected chi connectivity index (χ1v) is 7.37. The Morgan fingerprint density at radius 2 is 1.70 bits per heavy atom. The molecule has 1 aromatic heterocycles. The van der Waals surface area contributed by atoms with Gasteiger partial charge in [-0.25, -0.2) is 9.66 Å². The number of halogens is 1. The maximum absolute atomic E-state index is 5.85. The zero-order valence-corrected chi connectivity index (χ0v) is 13.2. The lowest BCUT2D eigenvalue weighted by atomic mass is 10.2. The van der Waals surface area contributed by atoms with Crippen LogP contribution in [0.15, 0.2) is 59.8 Å². The number of benzene rings is 2. The van der Waals surface area contributed by atoms with Gasteiger partial charge in [-0.2, -0.15) is 5.10 Å². The predicted molar refractivity (Wildman–Crippen MR) is 92.3 cm³/mol. The molecule has 0 unspecified atom stereocenters. The standard InChI is InChI=1S/C17H15ClN4O/c1-12-11-22(17(19)21-12)20-10-13-2-6-15(7-3-13)23-16-8-4-14(18)5-9-16/h2-11H,1H3,(H2,19,21). The van der Waals surface area contributed by atoms with Crippen LogP contribution in [0.1, 0.15) is 11.3 Å². The molecule has 0 radical (unpaired) electrons. The van der Waals surface area contributed by atoms with Crippen LogP contribution in [0.2, 0.25) is 5.02 Å². The fraction of sp³-hybridized carbons (Fsp3) is 0.0588. The minimum Gasteiger partial charge on any atom is -0.457 e. The number of ether oxygens (including phenoxy) is 1. The van der Waals surface area contributed by atoms with Gasteiger partial charge in [0, 0.05) is 5.02 Å². The molecular formula is C17H15ClN4O. The maximum Gasteiger partial charge on any atom is 0.221 e. The number of aromatic nitrogens is 2. The summed E-state index contributed by atoms with van der Waals surface area (Å²) < 4.78 is 7.27. The van der Waals surface area contributed by atoms with Crippen molar-refractivity contribution >= 4 is 23.8 Å². The van der Waals surface area contributed by atoms with Crippen molar-refractivity contribution in [1.82, 2.24) is 9.66 Å². The molecule has 3 aromatic rings. The average molecular weight is 327 g/mol. The molecule has 0 amide bonds. The van der Waals surface area contributed by atoms with E-state index >= 15 is 0 Å². The molecule has 0 atom stereocenters. The molecule has 0 fully saturated rings. The Hall–Kier alpha value is -2.79. The zero-order chi connectivity index (χ0) is 16.2. The first kappa shape index (κ1) is 15.1. The van der Waals surface area contributed by atoms with Crippen LogP contribution in [0.3, 0.4) is 0 Å². The Bertz CT molecular complexity index is 823. The molecule has 0 aliphatic carbocycles. The van der Waals surface area contributed by atoms with E-state index in [1.54, 1.807) is 24.5 Å². The van der Waals surface area contributed by atoms with E-state index in [1.807, 2.05) is 43.3 Å². The number of anilines is 1. The topological polar surface area (TPSA) is 65.4 Å². The molecule has 0 spiro atoms. The number of hydrogen-bond acceptors (Lipinski definition) is 4. The summed E-state index contributed by atoms with van der Waals surface area (Å²) in [6.07, 6.45) is 3.48. The van der Waals surface area contributed by atoms with Gasteiger partial charge >= 0.3 is 0 Å². The SMILES string of the molecule is Cc1cn(N=Cc2ccc(Oc3ccc(Cl)cc3)cc2)c(N)n1. The molecule has 6 heteroatoms. The molecule has 0 saturated carbocycles. The predicted octanol–water partition coefficient (Wildman–Crippen LogP) is 4.10. The van der Waals surface area contributed by atoms with Crippen LogP contribution in [0.25, 0.3) is 0 Å². The summed E-state index contributed by atoms with van der Waals surface area (Å²) in [4.78, 5) is 4.09. The van der Waals surface area contributed by atoms with Gasteiger partial charge < -0.3 is 10.5 Å². The number of nitrogen functional groups attached to an aromatic ring is 1. The molecular weight excluding hydrogens is 312 g/mol. The van der Waals surface area contributed by atoms with Crippen LogP contribution < -0.4 is 10.5 Å². The minimum atomic E-state index is 0.362. The van der Waals surface area contributed by atoms with Gasteiger partial charge in [0.05, 0.1) is 18.1 Å². The molecule has 1 heterocycles. The Kier molecular flexibility index (Phi) is 4.30. The second-order valence-corrected chi connectivity index (χ2v) is 5.39. The number of nitrogens with two attached hydrogens (primary N) is 1. The van der Waals surface area contributed by atoms with Crippen molar-refractivity contribution in [3.05, 3.63) is 71.0 Å². The average Bonchev–Trinajstić information content (AvgIpc) is 2.87. The molecule has 23 heavy (non-hydrogen) atoms. The number of imidazole rings is 1. The zero-order valence-electron chi connectivity index (χ0n) is 12.5. The molecule has 0 bridgehead atoms. The summed E-state index contributed by atoms with van der Waals surface area (Å²) in [5.41, 5.74) is 7.49. The second kappa shape index (κ2) is 6.54. The van der Waals surface area contributed by atoms with Crippen molar-refractivity contribution in [2.24, 2.45) is 5.10 Å². The van der Waals surface area contributed by atoms with E-state index in [4.69, 9.17) is 22.1 Å². The van der Waals surface area contributed by atoms with E-state index in [9.17, 15) is 0 Å². The second-order valence-electron chi connectivity index (χ2n) is 4.95. The monoisotopic (exact) mass is 326 g/mol. The highest BCUT2D eigenvalue weighted by atomic mass is 35.5. The van der Waals surface area contributed by atoms with Crippen LogP contribution in [0.4, 0.5) is 5.95 Å². The molecule has 0 aliphatic rings. The lowest BCUT2D eigenvalue weighted by molar-refractivity contribution is 0.482. The highest BCUT2D eigenvalue weighted by Crippen LogP contribution is 2.23. The van der Waals surface area contributed by atoms with Gasteiger partial charge in [-0.1, -0.05) is 11.6 Å². The summed E-state index contributed by atoms with van der Waals surface area (Å²) in [6, 6.07) is 14.8. The Morgan fingerprint density at radius 1 is 1.09 bits per heavy atom. The first-order chi connectivity index (χ1) is 11.1. The van der Waals surface area contributed by atoms with Gasteiger partial charge in [0.2, 0.25) is 5.95 Å². The van der Waals surface area contributed by atoms with Crippen molar-refractivity contribution in [2.45, 2.75) is 6.92 Å². The van der Waals surface area contributed by atoms with E-state index < -0.39 is 0 Å². The summed E-state index contributed by atoms with van der Waals surface area (Å²) in [7, 11) is 0. The smallest absolute Gasteiger partial charge is 0.221 e. The van der Waals surface area contributed by atoms with E-state index in [-0.39, 0.29) is 0 Å². The normalized spacial score (nSPS) is 11.0. The Labute approximate surface area is 139 Å². The minimum absolute atomic E-state index is 0.362. The van der Waals surface area contributed by atoms with Crippen LogP contribution in [0, 0.1) is 6.92 Å². The van der Waals surface area contributed by atoms with Crippen molar-refractivity contribution in [3.63, 3.8) is 0 Å². The van der Waals surface area contributed by atoms with E-state index in [0.29, 0.717) is 11.0 Å². The largest absolute Gasteiger partial charge is 0.457 e. The van der Waals surface area contributed by atoms with Gasteiger partial charge in [0.15, 0.2) is 0 Å². The summed E-state index contributed by atoms with van der Waals surface area (Å²) in [5.74, 6) is 1.83. The van der Waals surface area contributed by atoms with E-state index in [1.165, 1.54) is 4.68 Å². The third kappa shape index (κ3) is 3.90. The lowest BCUT2D eigenvalue weighted by Gasteiger charge is -2.05. The van der Waals surface area contributed by atoms with Crippen molar-refractivity contribution in [3.8, 4) is 11.5 Å². The summed E-state index contributed by atoms with van der Waals surface area (Å²) >= 11 is 5.85. The maximum atomic E-state index is 5.85. The molecule has 2 N–H and O–H groups in total. The fourth-order valence-electron chi connectivity index (χ4n) is 1.99. The fourth-order valence-corrected chi connectivity index (χ4v) is 2.11. The van der Waals surface area contributed by atoms with Gasteiger partial charge in [0.1, 0.15) is 11.5 Å². The highest BCUT2D eigenvalue weighted by Gasteiger charge is 2.00. The summed E-state index contributed by atoms with van der Waals surface area (Å²) in [5, 5.41) is 4.95. The van der Waals surface area contributed by atoms with Crippen molar-refractivity contribution in [2.75, 3.05) is 5.73 Å². The third-order valence-electron chi connectivity index (χ3n) is 3.10. The molecule has 116 valence electrons. The molecule has 5 nitrogen and oxygen atoms in total. The Morgan fingerprint density at radius 3 is 2.26 bits per heavy atom. The van der Waals surface area contributed by atoms with Gasteiger partial charge in [0.25, 0.3) is 0 Å². The van der Waals surface area contributed by atoms with E-state index in [0.717, 1.165) is 22.8 Å². The molecule has 3 rings (SSSR count). The van der Waals surface area contributed by atoms with Crippen LogP contribution in [-0.2, 0) is 0 Å². The number of hydrogen-bond donors (Lipinski definition) is 1. The highest BCUT2D eigenvalue weighted by molar-refractivity contribution is 6.30. The number of rotatable bonds is 4. The Balaban J connectivity index is 1.69. The van der Waals surface area contributed by atoms with Crippen LogP contribution in [-0.4, -0.2) is 15.9 Å². The van der Waals surface area contributed by atoms with Gasteiger partial charge in [-0.05, 0) is 61.0 Å². The quantitative estimate of drug-likeness (QED) is 0.734. The van der Waals surface area contributed by atoms with E-state index in [2.05, 4.69) is 10.1 Å². The summed E-state index contributed by atoms with van der Waals surface area (Å²) in [6.45, 7) is 1.87. The van der Waals surface area contributed by atoms with Crippen molar-refractivity contribution in [1.29, 1.82) is 0 Å². The lowest BCUT2D eigenvalue weighted by Crippen LogP contribution is -1.96. The molecule has 0 saturated heterocycles. The molecule has 0 aliphatic heterocycles. The third-order valence-corrected chi connectivity index (χ3v) is 3.35. The molecule has 2 aromatic carbocycles.